The van der Waals surface area contributed by atoms with E-state index in [1.54, 1.807) is 24.5 Å². The molecule has 1 N–H and O–H groups in total. The van der Waals surface area contributed by atoms with E-state index < -0.39 is 28.5 Å². The van der Waals surface area contributed by atoms with Crippen molar-refractivity contribution >= 4 is 33.5 Å². The minimum Gasteiger partial charge on any atom is -0.455 e. The van der Waals surface area contributed by atoms with Gasteiger partial charge >= 0.3 is 5.97 Å². The van der Waals surface area contributed by atoms with Crippen molar-refractivity contribution in [3.05, 3.63) is 42.7 Å². The van der Waals surface area contributed by atoms with Crippen molar-refractivity contribution in [3.8, 4) is 0 Å². The molecule has 11 heteroatoms. The van der Waals surface area contributed by atoms with Crippen LogP contribution in [-0.4, -0.2) is 68.4 Å². The van der Waals surface area contributed by atoms with E-state index in [0.717, 1.165) is 4.31 Å². The van der Waals surface area contributed by atoms with Crippen LogP contribution in [0.4, 0.5) is 11.6 Å². The standard InChI is InChI=1S/C20H25N5O5S/c1-24(2)31(28,29)17-6-3-5-16(13-17)23-18(26)14-30-19(27)15-7-11-25(12-8-15)20-21-9-4-10-22-20/h3-6,9-10,13,15H,7-8,11-12,14H2,1-2H3,(H,23,26). The molecule has 0 bridgehead atoms. The van der Waals surface area contributed by atoms with Gasteiger partial charge in [0.25, 0.3) is 5.91 Å². The van der Waals surface area contributed by atoms with E-state index in [1.165, 1.54) is 32.3 Å². The number of piperidine rings is 1. The van der Waals surface area contributed by atoms with Gasteiger partial charge in [0.1, 0.15) is 0 Å². The molecule has 0 aliphatic carbocycles. The van der Waals surface area contributed by atoms with Gasteiger partial charge in [-0.25, -0.2) is 22.7 Å². The fraction of sp³-hybridized carbons (Fsp3) is 0.400. The van der Waals surface area contributed by atoms with Crippen molar-refractivity contribution in [1.82, 2.24) is 14.3 Å². The molecule has 3 rings (SSSR count). The molecule has 0 atom stereocenters. The van der Waals surface area contributed by atoms with Gasteiger partial charge in [-0.1, -0.05) is 6.07 Å². The van der Waals surface area contributed by atoms with E-state index in [-0.39, 0.29) is 10.8 Å². The molecule has 31 heavy (non-hydrogen) atoms. The predicted molar refractivity (Wildman–Crippen MR) is 114 cm³/mol. The number of nitrogens with zero attached hydrogens (tertiary/aromatic N) is 4. The molecule has 0 spiro atoms. The number of anilines is 2. The summed E-state index contributed by atoms with van der Waals surface area (Å²) < 4.78 is 30.7. The van der Waals surface area contributed by atoms with Crippen LogP contribution >= 0.6 is 0 Å². The molecule has 0 saturated carbocycles. The van der Waals surface area contributed by atoms with Crippen LogP contribution in [0, 0.1) is 5.92 Å². The van der Waals surface area contributed by atoms with Gasteiger partial charge in [-0.3, -0.25) is 9.59 Å². The van der Waals surface area contributed by atoms with Crippen LogP contribution in [0.3, 0.4) is 0 Å². The molecule has 1 aliphatic heterocycles. The first-order valence-electron chi connectivity index (χ1n) is 9.78. The predicted octanol–water partition coefficient (Wildman–Crippen LogP) is 1.13. The van der Waals surface area contributed by atoms with Crippen molar-refractivity contribution in [2.24, 2.45) is 5.92 Å². The SMILES string of the molecule is CN(C)S(=O)(=O)c1cccc(NC(=O)COC(=O)C2CCN(c3ncccn3)CC2)c1. The second-order valence-electron chi connectivity index (χ2n) is 7.28. The Morgan fingerprint density at radius 3 is 2.48 bits per heavy atom. The molecule has 10 nitrogen and oxygen atoms in total. The van der Waals surface area contributed by atoms with E-state index >= 15 is 0 Å². The molecule has 0 radical (unpaired) electrons. The second-order valence-corrected chi connectivity index (χ2v) is 9.43. The first-order valence-corrected chi connectivity index (χ1v) is 11.2. The first-order chi connectivity index (χ1) is 14.8. The Kier molecular flexibility index (Phi) is 7.18. The fourth-order valence-electron chi connectivity index (χ4n) is 3.17. The molecule has 1 aromatic carbocycles. The van der Waals surface area contributed by atoms with Crippen LogP contribution in [0.5, 0.6) is 0 Å². The molecular formula is C20H25N5O5S. The van der Waals surface area contributed by atoms with Crippen LogP contribution in [-0.2, 0) is 24.3 Å². The van der Waals surface area contributed by atoms with Crippen molar-refractivity contribution < 1.29 is 22.7 Å². The zero-order chi connectivity index (χ0) is 22.4. The molecule has 1 fully saturated rings. The number of sulfonamides is 1. The maximum atomic E-state index is 12.3. The Morgan fingerprint density at radius 1 is 1.16 bits per heavy atom. The quantitative estimate of drug-likeness (QED) is 0.627. The lowest BCUT2D eigenvalue weighted by Gasteiger charge is -2.30. The summed E-state index contributed by atoms with van der Waals surface area (Å²) in [7, 11) is -0.760. The van der Waals surface area contributed by atoms with E-state index in [0.29, 0.717) is 37.6 Å². The largest absolute Gasteiger partial charge is 0.455 e. The van der Waals surface area contributed by atoms with Gasteiger partial charge in [-0.05, 0) is 37.1 Å². The van der Waals surface area contributed by atoms with Crippen LogP contribution in [0.1, 0.15) is 12.8 Å². The highest BCUT2D eigenvalue weighted by atomic mass is 32.2. The highest BCUT2D eigenvalue weighted by Crippen LogP contribution is 2.22. The third-order valence-electron chi connectivity index (χ3n) is 4.91. The van der Waals surface area contributed by atoms with Crippen LogP contribution in [0.25, 0.3) is 0 Å². The minimum absolute atomic E-state index is 0.0569. The lowest BCUT2D eigenvalue weighted by Crippen LogP contribution is -2.38. The third-order valence-corrected chi connectivity index (χ3v) is 6.72. The van der Waals surface area contributed by atoms with Gasteiger partial charge in [0.05, 0.1) is 10.8 Å². The Labute approximate surface area is 181 Å². The van der Waals surface area contributed by atoms with Crippen LogP contribution in [0.2, 0.25) is 0 Å². The van der Waals surface area contributed by atoms with Crippen LogP contribution < -0.4 is 10.2 Å². The number of rotatable bonds is 7. The number of carbonyl (C=O) groups is 2. The van der Waals surface area contributed by atoms with Crippen molar-refractivity contribution in [1.29, 1.82) is 0 Å². The number of benzene rings is 1. The van der Waals surface area contributed by atoms with Gasteiger partial charge in [0, 0.05) is 45.3 Å². The Bertz CT molecular complexity index is 1020. The maximum Gasteiger partial charge on any atom is 0.309 e. The smallest absolute Gasteiger partial charge is 0.309 e. The monoisotopic (exact) mass is 447 g/mol. The first kappa shape index (κ1) is 22.6. The average Bonchev–Trinajstić information content (AvgIpc) is 2.78. The average molecular weight is 448 g/mol. The van der Waals surface area contributed by atoms with Gasteiger partial charge in [0.15, 0.2) is 6.61 Å². The lowest BCUT2D eigenvalue weighted by molar-refractivity contribution is -0.152. The molecule has 1 amide bonds. The number of aromatic nitrogens is 2. The second kappa shape index (κ2) is 9.84. The number of carbonyl (C=O) groups excluding carboxylic acids is 2. The topological polar surface area (TPSA) is 122 Å². The van der Waals surface area contributed by atoms with E-state index in [2.05, 4.69) is 15.3 Å². The highest BCUT2D eigenvalue weighted by molar-refractivity contribution is 7.89. The van der Waals surface area contributed by atoms with Crippen LogP contribution in [0.15, 0.2) is 47.6 Å². The summed E-state index contributed by atoms with van der Waals surface area (Å²) in [4.78, 5) is 35.0. The van der Waals surface area contributed by atoms with Crippen molar-refractivity contribution in [2.45, 2.75) is 17.7 Å². The number of hydrogen-bond donors (Lipinski definition) is 1. The summed E-state index contributed by atoms with van der Waals surface area (Å²) in [5, 5.41) is 2.56. The molecular weight excluding hydrogens is 422 g/mol. The minimum atomic E-state index is -3.62. The lowest BCUT2D eigenvalue weighted by atomic mass is 9.97. The summed E-state index contributed by atoms with van der Waals surface area (Å²) in [5.74, 6) is -0.621. The number of ether oxygens (including phenoxy) is 1. The van der Waals surface area contributed by atoms with Gasteiger partial charge < -0.3 is 15.0 Å². The summed E-state index contributed by atoms with van der Waals surface area (Å²) >= 11 is 0. The normalized spacial score (nSPS) is 15.0. The van der Waals surface area contributed by atoms with Crippen molar-refractivity contribution in [3.63, 3.8) is 0 Å². The third kappa shape index (κ3) is 5.76. The van der Waals surface area contributed by atoms with Gasteiger partial charge in [-0.2, -0.15) is 0 Å². The van der Waals surface area contributed by atoms with Gasteiger partial charge in [0.2, 0.25) is 16.0 Å². The Balaban J connectivity index is 1.48. The summed E-state index contributed by atoms with van der Waals surface area (Å²) in [6.07, 6.45) is 4.52. The number of esters is 1. The summed E-state index contributed by atoms with van der Waals surface area (Å²) in [6, 6.07) is 7.64. The maximum absolute atomic E-state index is 12.3. The summed E-state index contributed by atoms with van der Waals surface area (Å²) in [5.41, 5.74) is 0.306. The van der Waals surface area contributed by atoms with E-state index in [4.69, 9.17) is 4.74 Å². The molecule has 2 heterocycles. The molecule has 1 saturated heterocycles. The Hall–Kier alpha value is -3.05. The number of nitrogens with one attached hydrogen (secondary N) is 1. The number of hydrogen-bond acceptors (Lipinski definition) is 8. The zero-order valence-electron chi connectivity index (χ0n) is 17.4. The Morgan fingerprint density at radius 2 is 1.84 bits per heavy atom. The molecule has 2 aromatic rings. The van der Waals surface area contributed by atoms with E-state index in [1.807, 2.05) is 4.90 Å². The molecule has 0 unspecified atom stereocenters. The number of amides is 1. The highest BCUT2D eigenvalue weighted by Gasteiger charge is 2.27. The summed E-state index contributed by atoms with van der Waals surface area (Å²) in [6.45, 7) is 0.817. The van der Waals surface area contributed by atoms with Crippen molar-refractivity contribution in [2.75, 3.05) is 44.0 Å². The molecule has 166 valence electrons. The van der Waals surface area contributed by atoms with Gasteiger partial charge in [-0.15, -0.1) is 0 Å². The fourth-order valence-corrected chi connectivity index (χ4v) is 4.11. The molecule has 1 aliphatic rings. The molecule has 1 aromatic heterocycles. The van der Waals surface area contributed by atoms with E-state index in [9.17, 15) is 18.0 Å². The zero-order valence-corrected chi connectivity index (χ0v) is 18.2.